The lowest BCUT2D eigenvalue weighted by atomic mass is 10.2. The summed E-state index contributed by atoms with van der Waals surface area (Å²) in [6.45, 7) is 11.2. The molecule has 1 aliphatic heterocycles. The van der Waals surface area contributed by atoms with E-state index in [0.29, 0.717) is 6.04 Å². The third kappa shape index (κ3) is 3.34. The highest BCUT2D eigenvalue weighted by atomic mass is 15.4. The van der Waals surface area contributed by atoms with Crippen LogP contribution < -0.4 is 4.90 Å². The van der Waals surface area contributed by atoms with Gasteiger partial charge in [0, 0.05) is 42.8 Å². The van der Waals surface area contributed by atoms with Crippen LogP contribution in [0.3, 0.4) is 0 Å². The molecule has 0 aromatic carbocycles. The van der Waals surface area contributed by atoms with Gasteiger partial charge in [-0.05, 0) is 45.7 Å². The second-order valence-corrected chi connectivity index (χ2v) is 7.37. The molecule has 0 amide bonds. The zero-order chi connectivity index (χ0) is 19.0. The molecule has 0 bridgehead atoms. The van der Waals surface area contributed by atoms with E-state index in [1.165, 1.54) is 5.69 Å². The minimum absolute atomic E-state index is 0.375. The molecule has 3 aromatic heterocycles. The Labute approximate surface area is 160 Å². The summed E-state index contributed by atoms with van der Waals surface area (Å²) in [5.74, 6) is 0.791. The minimum Gasteiger partial charge on any atom is -0.339 e. The van der Waals surface area contributed by atoms with Gasteiger partial charge in [-0.3, -0.25) is 9.36 Å². The van der Waals surface area contributed by atoms with Crippen molar-refractivity contribution >= 4 is 5.95 Å². The molecule has 7 heteroatoms. The van der Waals surface area contributed by atoms with Gasteiger partial charge in [0.25, 0.3) is 0 Å². The molecule has 1 aliphatic rings. The first-order valence-corrected chi connectivity index (χ1v) is 9.70. The first-order valence-electron chi connectivity index (χ1n) is 9.70. The summed E-state index contributed by atoms with van der Waals surface area (Å²) in [6.07, 6.45) is 5.89. The third-order valence-corrected chi connectivity index (χ3v) is 5.29. The lowest BCUT2D eigenvalue weighted by Gasteiger charge is -2.17. The monoisotopic (exact) mass is 365 g/mol. The van der Waals surface area contributed by atoms with Crippen LogP contribution in [0.2, 0.25) is 0 Å². The fraction of sp³-hybridized carbons (Fsp3) is 0.500. The van der Waals surface area contributed by atoms with Crippen LogP contribution in [-0.2, 0) is 6.54 Å². The first kappa shape index (κ1) is 17.7. The number of hydrogen-bond donors (Lipinski definition) is 0. The van der Waals surface area contributed by atoms with E-state index in [9.17, 15) is 0 Å². The van der Waals surface area contributed by atoms with Crippen LogP contribution in [-0.4, -0.2) is 42.6 Å². The van der Waals surface area contributed by atoms with Crippen molar-refractivity contribution in [2.24, 2.45) is 0 Å². The number of anilines is 1. The van der Waals surface area contributed by atoms with Crippen molar-refractivity contribution in [3.05, 3.63) is 41.6 Å². The van der Waals surface area contributed by atoms with E-state index >= 15 is 0 Å². The van der Waals surface area contributed by atoms with E-state index in [-0.39, 0.29) is 0 Å². The van der Waals surface area contributed by atoms with Crippen LogP contribution in [0.4, 0.5) is 5.95 Å². The van der Waals surface area contributed by atoms with Gasteiger partial charge in [-0.1, -0.05) is 6.92 Å². The molecule has 1 fully saturated rings. The summed E-state index contributed by atoms with van der Waals surface area (Å²) >= 11 is 0. The van der Waals surface area contributed by atoms with Crippen LogP contribution in [0, 0.1) is 20.8 Å². The van der Waals surface area contributed by atoms with Gasteiger partial charge in [-0.15, -0.1) is 0 Å². The van der Waals surface area contributed by atoms with E-state index in [1.54, 1.807) is 0 Å². The maximum absolute atomic E-state index is 4.85. The van der Waals surface area contributed by atoms with Crippen LogP contribution >= 0.6 is 0 Å². The van der Waals surface area contributed by atoms with E-state index < -0.39 is 0 Å². The highest BCUT2D eigenvalue weighted by Crippen LogP contribution is 2.28. The Balaban J connectivity index is 1.56. The van der Waals surface area contributed by atoms with E-state index in [4.69, 9.17) is 4.98 Å². The molecule has 1 atom stereocenters. The summed E-state index contributed by atoms with van der Waals surface area (Å²) in [5, 5.41) is 9.16. The molecule has 4 heterocycles. The molecule has 0 spiro atoms. The molecule has 0 N–H and O–H groups in total. The quantitative estimate of drug-likeness (QED) is 0.694. The van der Waals surface area contributed by atoms with Crippen molar-refractivity contribution < 1.29 is 0 Å². The Hall–Kier alpha value is -2.70. The maximum Gasteiger partial charge on any atom is 0.225 e. The highest BCUT2D eigenvalue weighted by molar-refractivity contribution is 5.62. The second-order valence-electron chi connectivity index (χ2n) is 7.37. The Kier molecular flexibility index (Phi) is 4.68. The maximum atomic E-state index is 4.85. The van der Waals surface area contributed by atoms with Gasteiger partial charge in [-0.2, -0.15) is 10.2 Å². The van der Waals surface area contributed by atoms with Crippen molar-refractivity contribution in [3.63, 3.8) is 0 Å². The smallest absolute Gasteiger partial charge is 0.225 e. The van der Waals surface area contributed by atoms with Gasteiger partial charge >= 0.3 is 0 Å². The second kappa shape index (κ2) is 7.13. The molecule has 1 saturated heterocycles. The molecule has 3 aromatic rings. The lowest BCUT2D eigenvalue weighted by Crippen LogP contribution is -2.23. The molecule has 0 saturated carbocycles. The van der Waals surface area contributed by atoms with Gasteiger partial charge in [0.15, 0.2) is 0 Å². The largest absolute Gasteiger partial charge is 0.339 e. The molecule has 142 valence electrons. The molecule has 4 rings (SSSR count). The number of nitrogens with zero attached hydrogens (tertiary/aromatic N) is 7. The standard InChI is InChI=1S/C20H27N7/c1-5-9-26-16(4)18(12-22-26)19-6-8-21-20(23-19)25-10-7-17(13-25)27-15(3)11-14(2)24-27/h6,8,11-12,17H,5,7,9-10,13H2,1-4H3. The van der Waals surface area contributed by atoms with E-state index in [2.05, 4.69) is 51.6 Å². The average molecular weight is 365 g/mol. The van der Waals surface area contributed by atoms with Gasteiger partial charge in [0.2, 0.25) is 5.95 Å². The van der Waals surface area contributed by atoms with Gasteiger partial charge < -0.3 is 4.90 Å². The molecule has 7 nitrogen and oxygen atoms in total. The number of aryl methyl sites for hydroxylation is 3. The number of hydrogen-bond acceptors (Lipinski definition) is 5. The Morgan fingerprint density at radius 2 is 2.07 bits per heavy atom. The normalized spacial score (nSPS) is 17.0. The predicted octanol–water partition coefficient (Wildman–Crippen LogP) is 3.32. The average Bonchev–Trinajstić information content (AvgIpc) is 3.35. The van der Waals surface area contributed by atoms with Crippen LogP contribution in [0.5, 0.6) is 0 Å². The Morgan fingerprint density at radius 3 is 2.81 bits per heavy atom. The Morgan fingerprint density at radius 1 is 1.22 bits per heavy atom. The highest BCUT2D eigenvalue weighted by Gasteiger charge is 2.27. The number of aromatic nitrogens is 6. The van der Waals surface area contributed by atoms with Crippen molar-refractivity contribution in [2.45, 2.75) is 53.1 Å². The van der Waals surface area contributed by atoms with Crippen molar-refractivity contribution in [1.29, 1.82) is 0 Å². The van der Waals surface area contributed by atoms with E-state index in [0.717, 1.165) is 61.1 Å². The SMILES string of the molecule is CCCn1ncc(-c2ccnc(N3CCC(n4nc(C)cc4C)C3)n2)c1C. The summed E-state index contributed by atoms with van der Waals surface area (Å²) in [7, 11) is 0. The number of rotatable bonds is 5. The fourth-order valence-corrected chi connectivity index (χ4v) is 3.92. The first-order chi connectivity index (χ1) is 13.1. The van der Waals surface area contributed by atoms with Gasteiger partial charge in [0.1, 0.15) is 0 Å². The van der Waals surface area contributed by atoms with Crippen LogP contribution in [0.1, 0.15) is 42.9 Å². The zero-order valence-electron chi connectivity index (χ0n) is 16.6. The molecular formula is C20H27N7. The van der Waals surface area contributed by atoms with Crippen LogP contribution in [0.15, 0.2) is 24.5 Å². The minimum atomic E-state index is 0.375. The molecule has 27 heavy (non-hydrogen) atoms. The topological polar surface area (TPSA) is 64.7 Å². The molecule has 0 aliphatic carbocycles. The summed E-state index contributed by atoms with van der Waals surface area (Å²) in [4.78, 5) is 11.6. The Bertz CT molecular complexity index is 940. The molecule has 0 radical (unpaired) electrons. The van der Waals surface area contributed by atoms with Crippen LogP contribution in [0.25, 0.3) is 11.3 Å². The van der Waals surface area contributed by atoms with Crippen molar-refractivity contribution in [2.75, 3.05) is 18.0 Å². The van der Waals surface area contributed by atoms with Gasteiger partial charge in [-0.25, -0.2) is 9.97 Å². The summed E-state index contributed by atoms with van der Waals surface area (Å²) in [5.41, 5.74) is 5.47. The molecule has 1 unspecified atom stereocenters. The third-order valence-electron chi connectivity index (χ3n) is 5.29. The van der Waals surface area contributed by atoms with E-state index in [1.807, 2.05) is 30.1 Å². The van der Waals surface area contributed by atoms with Gasteiger partial charge in [0.05, 0.1) is 23.6 Å². The zero-order valence-corrected chi connectivity index (χ0v) is 16.6. The van der Waals surface area contributed by atoms with Crippen molar-refractivity contribution in [3.8, 4) is 11.3 Å². The molecular weight excluding hydrogens is 338 g/mol. The van der Waals surface area contributed by atoms with Crippen molar-refractivity contribution in [1.82, 2.24) is 29.5 Å². The lowest BCUT2D eigenvalue weighted by molar-refractivity contribution is 0.480. The summed E-state index contributed by atoms with van der Waals surface area (Å²) < 4.78 is 4.20. The predicted molar refractivity (Wildman–Crippen MR) is 106 cm³/mol. The fourth-order valence-electron chi connectivity index (χ4n) is 3.92. The summed E-state index contributed by atoms with van der Waals surface area (Å²) in [6, 6.07) is 4.48.